The minimum absolute atomic E-state index is 0.580. The SMILES string of the molecule is CCc1ccc(/C=C/P(=O)(O)O)c(Cl)c1CC. The van der Waals surface area contributed by atoms with Gasteiger partial charge in [-0.05, 0) is 35.6 Å². The molecule has 0 heterocycles. The summed E-state index contributed by atoms with van der Waals surface area (Å²) in [6.45, 7) is 4.06. The highest BCUT2D eigenvalue weighted by Crippen LogP contribution is 2.38. The quantitative estimate of drug-likeness (QED) is 0.825. The van der Waals surface area contributed by atoms with E-state index in [4.69, 9.17) is 21.4 Å². The van der Waals surface area contributed by atoms with Gasteiger partial charge in [0.25, 0.3) is 0 Å². The van der Waals surface area contributed by atoms with Crippen molar-refractivity contribution >= 4 is 25.3 Å². The number of hydrogen-bond acceptors (Lipinski definition) is 1. The third kappa shape index (κ3) is 3.97. The Labute approximate surface area is 106 Å². The van der Waals surface area contributed by atoms with Crippen LogP contribution in [0.2, 0.25) is 5.02 Å². The van der Waals surface area contributed by atoms with Crippen molar-refractivity contribution < 1.29 is 14.4 Å². The minimum Gasteiger partial charge on any atom is -0.321 e. The zero-order chi connectivity index (χ0) is 13.1. The molecule has 0 aliphatic heterocycles. The normalized spacial score (nSPS) is 12.3. The van der Waals surface area contributed by atoms with Gasteiger partial charge in [-0.15, -0.1) is 0 Å². The van der Waals surface area contributed by atoms with Crippen LogP contribution < -0.4 is 0 Å². The first-order valence-electron chi connectivity index (χ1n) is 5.43. The van der Waals surface area contributed by atoms with Crippen LogP contribution in [0.5, 0.6) is 0 Å². The molecule has 0 spiro atoms. The molecule has 0 saturated heterocycles. The molecule has 5 heteroatoms. The van der Waals surface area contributed by atoms with Crippen LogP contribution in [0.3, 0.4) is 0 Å². The second kappa shape index (κ2) is 5.83. The topological polar surface area (TPSA) is 57.5 Å². The van der Waals surface area contributed by atoms with Crippen molar-refractivity contribution in [1.82, 2.24) is 0 Å². The summed E-state index contributed by atoms with van der Waals surface area (Å²) in [5, 5.41) is 0.580. The fourth-order valence-corrected chi connectivity index (χ4v) is 2.43. The van der Waals surface area contributed by atoms with E-state index in [9.17, 15) is 4.57 Å². The molecule has 3 nitrogen and oxygen atoms in total. The smallest absolute Gasteiger partial charge is 0.321 e. The third-order valence-electron chi connectivity index (χ3n) is 2.55. The molecule has 0 radical (unpaired) electrons. The van der Waals surface area contributed by atoms with Crippen LogP contribution in [0.4, 0.5) is 0 Å². The number of halogens is 1. The molecule has 1 aromatic rings. The Bertz CT molecular complexity index is 477. The van der Waals surface area contributed by atoms with Crippen molar-refractivity contribution in [2.75, 3.05) is 0 Å². The number of benzene rings is 1. The first-order chi connectivity index (χ1) is 7.89. The zero-order valence-electron chi connectivity index (χ0n) is 9.85. The molecule has 17 heavy (non-hydrogen) atoms. The molecule has 0 aliphatic rings. The van der Waals surface area contributed by atoms with Gasteiger partial charge < -0.3 is 9.79 Å². The predicted octanol–water partition coefficient (Wildman–Crippen LogP) is 3.61. The van der Waals surface area contributed by atoms with Gasteiger partial charge in [-0.3, -0.25) is 4.57 Å². The fourth-order valence-electron chi connectivity index (χ4n) is 1.70. The average Bonchev–Trinajstić information content (AvgIpc) is 2.25. The van der Waals surface area contributed by atoms with Gasteiger partial charge in [0.2, 0.25) is 0 Å². The van der Waals surface area contributed by atoms with Gasteiger partial charge >= 0.3 is 7.60 Å². The van der Waals surface area contributed by atoms with E-state index in [-0.39, 0.29) is 0 Å². The molecule has 0 amide bonds. The van der Waals surface area contributed by atoms with E-state index in [1.165, 1.54) is 11.6 Å². The molecular weight excluding hydrogens is 259 g/mol. The zero-order valence-corrected chi connectivity index (χ0v) is 11.5. The molecule has 94 valence electrons. The van der Waals surface area contributed by atoms with Gasteiger partial charge in [-0.1, -0.05) is 37.6 Å². The van der Waals surface area contributed by atoms with Crippen LogP contribution in [0, 0.1) is 0 Å². The summed E-state index contributed by atoms with van der Waals surface area (Å²) in [5.74, 6) is 0.874. The van der Waals surface area contributed by atoms with Crippen LogP contribution in [0.15, 0.2) is 17.9 Å². The summed E-state index contributed by atoms with van der Waals surface area (Å²) in [7, 11) is -4.13. The highest BCUT2D eigenvalue weighted by Gasteiger charge is 2.10. The maximum absolute atomic E-state index is 10.8. The minimum atomic E-state index is -4.13. The van der Waals surface area contributed by atoms with Gasteiger partial charge in [0.05, 0.1) is 5.02 Å². The van der Waals surface area contributed by atoms with Crippen molar-refractivity contribution in [3.8, 4) is 0 Å². The Hall–Kier alpha value is -0.600. The fraction of sp³-hybridized carbons (Fsp3) is 0.333. The lowest BCUT2D eigenvalue weighted by Crippen LogP contribution is -1.94. The molecule has 0 fully saturated rings. The van der Waals surface area contributed by atoms with Gasteiger partial charge in [0.15, 0.2) is 0 Å². The highest BCUT2D eigenvalue weighted by molar-refractivity contribution is 7.55. The van der Waals surface area contributed by atoms with Gasteiger partial charge in [0, 0.05) is 5.82 Å². The van der Waals surface area contributed by atoms with Crippen LogP contribution in [-0.4, -0.2) is 9.79 Å². The standard InChI is InChI=1S/C12H16ClO3P/c1-3-9-5-6-10(7-8-17(14,15)16)12(13)11(9)4-2/h5-8H,3-4H2,1-2H3,(H2,14,15,16)/b8-7+. The molecule has 1 aromatic carbocycles. The maximum Gasteiger partial charge on any atom is 0.349 e. The second-order valence-corrected chi connectivity index (χ2v) is 5.57. The van der Waals surface area contributed by atoms with Crippen LogP contribution >= 0.6 is 19.2 Å². The van der Waals surface area contributed by atoms with Crippen molar-refractivity contribution in [2.24, 2.45) is 0 Å². The molecule has 2 N–H and O–H groups in total. The Kier molecular flexibility index (Phi) is 4.96. The molecule has 0 bridgehead atoms. The average molecular weight is 275 g/mol. The molecule has 0 atom stereocenters. The largest absolute Gasteiger partial charge is 0.349 e. The maximum atomic E-state index is 10.8. The molecule has 0 aliphatic carbocycles. The van der Waals surface area contributed by atoms with E-state index < -0.39 is 7.60 Å². The lowest BCUT2D eigenvalue weighted by Gasteiger charge is -2.10. The predicted molar refractivity (Wildman–Crippen MR) is 71.3 cm³/mol. The van der Waals surface area contributed by atoms with E-state index in [2.05, 4.69) is 6.92 Å². The summed E-state index contributed by atoms with van der Waals surface area (Å²) in [6, 6.07) is 3.73. The second-order valence-electron chi connectivity index (χ2n) is 3.72. The Morgan fingerprint density at radius 2 is 1.94 bits per heavy atom. The summed E-state index contributed by atoms with van der Waals surface area (Å²) in [4.78, 5) is 17.6. The monoisotopic (exact) mass is 274 g/mol. The number of aryl methyl sites for hydroxylation is 1. The lowest BCUT2D eigenvalue weighted by molar-refractivity contribution is 0.386. The molecule has 0 saturated carbocycles. The van der Waals surface area contributed by atoms with Gasteiger partial charge in [0.1, 0.15) is 0 Å². The van der Waals surface area contributed by atoms with E-state index in [0.717, 1.165) is 24.2 Å². The van der Waals surface area contributed by atoms with Gasteiger partial charge in [-0.2, -0.15) is 0 Å². The van der Waals surface area contributed by atoms with Crippen LogP contribution in [-0.2, 0) is 17.4 Å². The van der Waals surface area contributed by atoms with E-state index in [0.29, 0.717) is 10.6 Å². The molecule has 0 unspecified atom stereocenters. The van der Waals surface area contributed by atoms with Crippen molar-refractivity contribution in [1.29, 1.82) is 0 Å². The first kappa shape index (κ1) is 14.5. The molecular formula is C12H16ClO3P. The molecule has 1 rings (SSSR count). The van der Waals surface area contributed by atoms with Gasteiger partial charge in [-0.25, -0.2) is 0 Å². The van der Waals surface area contributed by atoms with E-state index in [1.807, 2.05) is 13.0 Å². The highest BCUT2D eigenvalue weighted by atomic mass is 35.5. The number of hydrogen-bond donors (Lipinski definition) is 2. The van der Waals surface area contributed by atoms with E-state index in [1.54, 1.807) is 6.07 Å². The van der Waals surface area contributed by atoms with E-state index >= 15 is 0 Å². The third-order valence-corrected chi connectivity index (χ3v) is 3.54. The van der Waals surface area contributed by atoms with Crippen LogP contribution in [0.1, 0.15) is 30.5 Å². The van der Waals surface area contributed by atoms with Crippen molar-refractivity contribution in [3.63, 3.8) is 0 Å². The Balaban J connectivity index is 3.20. The summed E-state index contributed by atoms with van der Waals surface area (Å²) in [5.41, 5.74) is 2.86. The summed E-state index contributed by atoms with van der Waals surface area (Å²) < 4.78 is 10.8. The first-order valence-corrected chi connectivity index (χ1v) is 7.49. The Morgan fingerprint density at radius 3 is 2.41 bits per heavy atom. The summed E-state index contributed by atoms with van der Waals surface area (Å²) in [6.07, 6.45) is 3.08. The van der Waals surface area contributed by atoms with Crippen molar-refractivity contribution in [2.45, 2.75) is 26.7 Å². The van der Waals surface area contributed by atoms with Crippen molar-refractivity contribution in [3.05, 3.63) is 39.7 Å². The van der Waals surface area contributed by atoms with Crippen LogP contribution in [0.25, 0.3) is 6.08 Å². The Morgan fingerprint density at radius 1 is 1.29 bits per heavy atom. The number of rotatable bonds is 4. The lowest BCUT2D eigenvalue weighted by atomic mass is 10.00. The summed E-state index contributed by atoms with van der Waals surface area (Å²) >= 11 is 6.22. The molecule has 0 aromatic heterocycles.